The zero-order valence-corrected chi connectivity index (χ0v) is 16.2. The molecule has 0 amide bonds. The number of nitrogens with zero attached hydrogens (tertiary/aromatic N) is 3. The van der Waals surface area contributed by atoms with Crippen LogP contribution in [0.25, 0.3) is 0 Å². The van der Waals surface area contributed by atoms with Crippen molar-refractivity contribution in [2.45, 2.75) is 24.3 Å². The molecule has 0 atom stereocenters. The van der Waals surface area contributed by atoms with Gasteiger partial charge in [-0.2, -0.15) is 9.40 Å². The Morgan fingerprint density at radius 3 is 2.31 bits per heavy atom. The molecule has 0 saturated carbocycles. The minimum atomic E-state index is -4.84. The number of aromatic nitrogens is 2. The monoisotopic (exact) mass is 425 g/mol. The van der Waals surface area contributed by atoms with Gasteiger partial charge in [-0.1, -0.05) is 30.3 Å². The second-order valence-electron chi connectivity index (χ2n) is 6.31. The largest absolute Gasteiger partial charge is 0.573 e. The molecule has 2 aromatic carbocycles. The van der Waals surface area contributed by atoms with Crippen molar-refractivity contribution in [3.63, 3.8) is 0 Å². The van der Waals surface area contributed by atoms with Crippen LogP contribution in [-0.4, -0.2) is 35.9 Å². The summed E-state index contributed by atoms with van der Waals surface area (Å²) in [6, 6.07) is 13.8. The first kappa shape index (κ1) is 20.9. The van der Waals surface area contributed by atoms with Crippen LogP contribution in [0.1, 0.15) is 11.1 Å². The van der Waals surface area contributed by atoms with E-state index in [4.69, 9.17) is 0 Å². The molecule has 10 heteroatoms. The van der Waals surface area contributed by atoms with Crippen LogP contribution in [-0.2, 0) is 23.1 Å². The van der Waals surface area contributed by atoms with E-state index in [9.17, 15) is 21.6 Å². The van der Waals surface area contributed by atoms with E-state index in [1.807, 2.05) is 30.3 Å². The summed E-state index contributed by atoms with van der Waals surface area (Å²) in [6.07, 6.45) is -1.51. The number of rotatable bonds is 7. The Balaban J connectivity index is 1.67. The summed E-state index contributed by atoms with van der Waals surface area (Å²) in [7, 11) is -2.49. The van der Waals surface area contributed by atoms with Crippen molar-refractivity contribution < 1.29 is 26.3 Å². The lowest BCUT2D eigenvalue weighted by Gasteiger charge is -2.17. The predicted molar refractivity (Wildman–Crippen MR) is 99.5 cm³/mol. The van der Waals surface area contributed by atoms with Gasteiger partial charge in [0.25, 0.3) is 0 Å². The summed E-state index contributed by atoms with van der Waals surface area (Å²) in [5, 5.41) is 4.24. The first-order chi connectivity index (χ1) is 13.6. The van der Waals surface area contributed by atoms with Crippen LogP contribution in [0.2, 0.25) is 0 Å². The molecule has 3 rings (SSSR count). The van der Waals surface area contributed by atoms with Crippen molar-refractivity contribution in [3.8, 4) is 5.75 Å². The number of ether oxygens (including phenoxy) is 1. The zero-order chi connectivity index (χ0) is 21.1. The molecule has 0 fully saturated rings. The molecule has 0 saturated heterocycles. The van der Waals surface area contributed by atoms with Gasteiger partial charge in [0.15, 0.2) is 0 Å². The van der Waals surface area contributed by atoms with Crippen molar-refractivity contribution in [2.75, 3.05) is 7.05 Å². The van der Waals surface area contributed by atoms with Gasteiger partial charge in [0.1, 0.15) is 5.75 Å². The van der Waals surface area contributed by atoms with Crippen molar-refractivity contribution in [2.24, 2.45) is 0 Å². The zero-order valence-electron chi connectivity index (χ0n) is 15.4. The molecule has 154 valence electrons. The highest BCUT2D eigenvalue weighted by Crippen LogP contribution is 2.25. The summed E-state index contributed by atoms with van der Waals surface area (Å²) in [5.74, 6) is -0.485. The topological polar surface area (TPSA) is 64.4 Å². The molecular formula is C19H18F3N3O3S. The van der Waals surface area contributed by atoms with Gasteiger partial charge in [-0.3, -0.25) is 4.68 Å². The molecule has 0 unspecified atom stereocenters. The van der Waals surface area contributed by atoms with Crippen molar-refractivity contribution in [1.82, 2.24) is 14.1 Å². The van der Waals surface area contributed by atoms with Gasteiger partial charge in [-0.25, -0.2) is 8.42 Å². The number of halogens is 3. The Morgan fingerprint density at radius 1 is 1.03 bits per heavy atom. The van der Waals surface area contributed by atoms with Crippen LogP contribution in [0.4, 0.5) is 13.2 Å². The normalized spacial score (nSPS) is 12.3. The maximum absolute atomic E-state index is 12.7. The second-order valence-corrected chi connectivity index (χ2v) is 8.36. The van der Waals surface area contributed by atoms with Crippen LogP contribution in [0.5, 0.6) is 5.75 Å². The van der Waals surface area contributed by atoms with Gasteiger partial charge in [-0.05, 0) is 29.8 Å². The van der Waals surface area contributed by atoms with Crippen molar-refractivity contribution >= 4 is 10.0 Å². The first-order valence-corrected chi connectivity index (χ1v) is 9.95. The van der Waals surface area contributed by atoms with E-state index >= 15 is 0 Å². The second kappa shape index (κ2) is 8.26. The third-order valence-electron chi connectivity index (χ3n) is 4.04. The van der Waals surface area contributed by atoms with E-state index in [0.717, 1.165) is 34.1 Å². The predicted octanol–water partition coefficient (Wildman–Crippen LogP) is 3.65. The molecule has 0 spiro atoms. The Bertz CT molecular complexity index is 1050. The Hall–Kier alpha value is -2.85. The quantitative estimate of drug-likeness (QED) is 0.580. The van der Waals surface area contributed by atoms with Gasteiger partial charge < -0.3 is 4.74 Å². The maximum atomic E-state index is 12.7. The minimum Gasteiger partial charge on any atom is -0.406 e. The van der Waals surface area contributed by atoms with Gasteiger partial charge in [0.2, 0.25) is 10.0 Å². The average Bonchev–Trinajstić information content (AvgIpc) is 3.08. The molecule has 1 heterocycles. The van der Waals surface area contributed by atoms with E-state index in [2.05, 4.69) is 9.84 Å². The Labute approximate surface area is 166 Å². The van der Waals surface area contributed by atoms with E-state index in [0.29, 0.717) is 12.1 Å². The van der Waals surface area contributed by atoms with Crippen LogP contribution >= 0.6 is 0 Å². The Morgan fingerprint density at radius 2 is 1.69 bits per heavy atom. The molecule has 6 nitrogen and oxygen atoms in total. The smallest absolute Gasteiger partial charge is 0.406 e. The van der Waals surface area contributed by atoms with Gasteiger partial charge in [0.05, 0.1) is 17.6 Å². The molecule has 0 N–H and O–H groups in total. The average molecular weight is 425 g/mol. The number of hydrogen-bond acceptors (Lipinski definition) is 4. The molecule has 3 aromatic rings. The third-order valence-corrected chi connectivity index (χ3v) is 5.86. The highest BCUT2D eigenvalue weighted by Gasteiger charge is 2.31. The van der Waals surface area contributed by atoms with Crippen molar-refractivity contribution in [1.29, 1.82) is 0 Å². The summed E-state index contributed by atoms with van der Waals surface area (Å²) < 4.78 is 68.6. The van der Waals surface area contributed by atoms with E-state index < -0.39 is 22.1 Å². The fraction of sp³-hybridized carbons (Fsp3) is 0.211. The summed E-state index contributed by atoms with van der Waals surface area (Å²) in [4.78, 5) is -0.133. The van der Waals surface area contributed by atoms with E-state index in [1.54, 1.807) is 17.1 Å². The molecule has 29 heavy (non-hydrogen) atoms. The maximum Gasteiger partial charge on any atom is 0.573 e. The van der Waals surface area contributed by atoms with Crippen LogP contribution in [0, 0.1) is 0 Å². The molecule has 1 aromatic heterocycles. The summed E-state index contributed by atoms with van der Waals surface area (Å²) >= 11 is 0. The lowest BCUT2D eigenvalue weighted by Crippen LogP contribution is -2.26. The minimum absolute atomic E-state index is 0.0674. The number of hydrogen-bond donors (Lipinski definition) is 0. The highest BCUT2D eigenvalue weighted by atomic mass is 32.2. The van der Waals surface area contributed by atoms with Gasteiger partial charge >= 0.3 is 6.36 Å². The van der Waals surface area contributed by atoms with Crippen LogP contribution in [0.3, 0.4) is 0 Å². The lowest BCUT2D eigenvalue weighted by atomic mass is 10.2. The molecular weight excluding hydrogens is 407 g/mol. The van der Waals surface area contributed by atoms with Crippen LogP contribution < -0.4 is 4.74 Å². The number of sulfonamides is 1. The molecule has 0 aliphatic rings. The lowest BCUT2D eigenvalue weighted by molar-refractivity contribution is -0.274. The van der Waals surface area contributed by atoms with Crippen molar-refractivity contribution in [3.05, 3.63) is 78.1 Å². The fourth-order valence-electron chi connectivity index (χ4n) is 2.68. The van der Waals surface area contributed by atoms with E-state index in [-0.39, 0.29) is 11.4 Å². The molecule has 0 aliphatic carbocycles. The number of benzene rings is 2. The highest BCUT2D eigenvalue weighted by molar-refractivity contribution is 7.89. The SMILES string of the molecule is CN(Cc1cnn(Cc2ccccc2)c1)S(=O)(=O)c1ccc(OC(F)(F)F)cc1. The van der Waals surface area contributed by atoms with E-state index in [1.165, 1.54) is 7.05 Å². The number of alkyl halides is 3. The standard InChI is InChI=1S/C19H18F3N3O3S/c1-24(12-16-11-23-25(14-16)13-15-5-3-2-4-6-15)29(26,27)18-9-7-17(8-10-18)28-19(20,21)22/h2-11,14H,12-13H2,1H3. The van der Waals surface area contributed by atoms with Gasteiger partial charge in [0, 0.05) is 25.4 Å². The third kappa shape index (κ3) is 5.58. The molecule has 0 bridgehead atoms. The summed E-state index contributed by atoms with van der Waals surface area (Å²) in [5.41, 5.74) is 1.74. The molecule has 0 aliphatic heterocycles. The summed E-state index contributed by atoms with van der Waals surface area (Å²) in [6.45, 7) is 0.621. The first-order valence-electron chi connectivity index (χ1n) is 8.51. The van der Waals surface area contributed by atoms with Gasteiger partial charge in [-0.15, -0.1) is 13.2 Å². The Kier molecular flexibility index (Phi) is 5.94. The fourth-order valence-corrected chi connectivity index (χ4v) is 3.84. The molecule has 0 radical (unpaired) electrons. The van der Waals surface area contributed by atoms with Crippen LogP contribution in [0.15, 0.2) is 71.9 Å².